The Hall–Kier alpha value is -2.50. The Morgan fingerprint density at radius 1 is 1.32 bits per heavy atom. The van der Waals surface area contributed by atoms with Gasteiger partial charge in [0.2, 0.25) is 11.9 Å². The quantitative estimate of drug-likeness (QED) is 0.907. The normalized spacial score (nSPS) is 18.6. The standard InChI is InChI=1S/C19H23FN4O/c1-14(12-15-6-2-3-8-17(15)20)18(25)23-16-7-4-11-24(13-16)19-21-9-5-10-22-19/h2-3,5-6,8-10,14,16H,4,7,11-13H2,1H3,(H,23,25)/t14-,16+/m1/s1. The zero-order valence-electron chi connectivity index (χ0n) is 14.4. The van der Waals surface area contributed by atoms with E-state index in [1.807, 2.05) is 6.92 Å². The average Bonchev–Trinajstić information content (AvgIpc) is 2.64. The van der Waals surface area contributed by atoms with Crippen LogP contribution in [-0.4, -0.2) is 35.0 Å². The number of nitrogens with one attached hydrogen (secondary N) is 1. The molecule has 2 heterocycles. The minimum atomic E-state index is -0.278. The molecule has 0 saturated carbocycles. The first-order valence-corrected chi connectivity index (χ1v) is 8.69. The fourth-order valence-corrected chi connectivity index (χ4v) is 3.16. The van der Waals surface area contributed by atoms with Crippen LogP contribution >= 0.6 is 0 Å². The highest BCUT2D eigenvalue weighted by atomic mass is 19.1. The van der Waals surface area contributed by atoms with E-state index >= 15 is 0 Å². The van der Waals surface area contributed by atoms with Crippen molar-refractivity contribution in [2.24, 2.45) is 5.92 Å². The molecule has 6 heteroatoms. The van der Waals surface area contributed by atoms with Crippen molar-refractivity contribution in [3.05, 3.63) is 54.1 Å². The number of carbonyl (C=O) groups is 1. The monoisotopic (exact) mass is 342 g/mol. The Morgan fingerprint density at radius 2 is 2.08 bits per heavy atom. The van der Waals surface area contributed by atoms with Crippen LogP contribution in [0.25, 0.3) is 0 Å². The highest BCUT2D eigenvalue weighted by molar-refractivity contribution is 5.79. The number of rotatable bonds is 5. The molecule has 1 N–H and O–H groups in total. The molecule has 132 valence electrons. The van der Waals surface area contributed by atoms with Crippen molar-refractivity contribution < 1.29 is 9.18 Å². The summed E-state index contributed by atoms with van der Waals surface area (Å²) in [7, 11) is 0. The SMILES string of the molecule is C[C@H](Cc1ccccc1F)C(=O)N[C@H]1CCCN(c2ncccn2)C1. The molecule has 0 aliphatic carbocycles. The molecule has 2 atom stereocenters. The van der Waals surface area contributed by atoms with Crippen LogP contribution in [0.4, 0.5) is 10.3 Å². The predicted molar refractivity (Wildman–Crippen MR) is 94.7 cm³/mol. The van der Waals surface area contributed by atoms with Crippen LogP contribution in [-0.2, 0) is 11.2 Å². The minimum Gasteiger partial charge on any atom is -0.351 e. The number of nitrogens with zero attached hydrogens (tertiary/aromatic N) is 3. The van der Waals surface area contributed by atoms with E-state index in [4.69, 9.17) is 0 Å². The molecule has 1 aromatic carbocycles. The van der Waals surface area contributed by atoms with Gasteiger partial charge >= 0.3 is 0 Å². The molecular weight excluding hydrogens is 319 g/mol. The molecule has 0 bridgehead atoms. The van der Waals surface area contributed by atoms with Crippen LogP contribution < -0.4 is 10.2 Å². The zero-order valence-corrected chi connectivity index (χ0v) is 14.4. The maximum Gasteiger partial charge on any atom is 0.225 e. The number of piperidine rings is 1. The summed E-state index contributed by atoms with van der Waals surface area (Å²) in [6.07, 6.45) is 5.76. The first-order chi connectivity index (χ1) is 12.1. The van der Waals surface area contributed by atoms with E-state index in [1.54, 1.807) is 36.7 Å². The van der Waals surface area contributed by atoms with Gasteiger partial charge in [-0.1, -0.05) is 25.1 Å². The van der Waals surface area contributed by atoms with Gasteiger partial charge in [0.05, 0.1) is 0 Å². The highest BCUT2D eigenvalue weighted by Gasteiger charge is 2.25. The van der Waals surface area contributed by atoms with Gasteiger partial charge in [0.15, 0.2) is 0 Å². The Morgan fingerprint density at radius 3 is 2.84 bits per heavy atom. The van der Waals surface area contributed by atoms with Crippen molar-refractivity contribution in [3.63, 3.8) is 0 Å². The van der Waals surface area contributed by atoms with E-state index in [0.717, 1.165) is 19.4 Å². The summed E-state index contributed by atoms with van der Waals surface area (Å²) < 4.78 is 13.8. The van der Waals surface area contributed by atoms with Crippen LogP contribution in [0.3, 0.4) is 0 Å². The van der Waals surface area contributed by atoms with Gasteiger partial charge in [-0.2, -0.15) is 0 Å². The lowest BCUT2D eigenvalue weighted by Gasteiger charge is -2.33. The van der Waals surface area contributed by atoms with E-state index in [0.29, 0.717) is 24.5 Å². The predicted octanol–water partition coefficient (Wildman–Crippen LogP) is 2.58. The largest absolute Gasteiger partial charge is 0.351 e. The summed E-state index contributed by atoms with van der Waals surface area (Å²) in [6.45, 7) is 3.42. The van der Waals surface area contributed by atoms with Gasteiger partial charge in [0.1, 0.15) is 5.82 Å². The molecule has 1 aliphatic heterocycles. The molecule has 1 amide bonds. The van der Waals surface area contributed by atoms with Crippen molar-refractivity contribution in [2.75, 3.05) is 18.0 Å². The van der Waals surface area contributed by atoms with Crippen LogP contribution in [0.5, 0.6) is 0 Å². The number of halogens is 1. The molecular formula is C19H23FN4O. The summed E-state index contributed by atoms with van der Waals surface area (Å²) >= 11 is 0. The molecule has 1 aliphatic rings. The first-order valence-electron chi connectivity index (χ1n) is 8.69. The molecule has 1 fully saturated rings. The summed E-state index contributed by atoms with van der Waals surface area (Å²) in [5, 5.41) is 3.10. The molecule has 0 spiro atoms. The van der Waals surface area contributed by atoms with Crippen LogP contribution in [0.1, 0.15) is 25.3 Å². The second kappa shape index (κ2) is 8.05. The maximum atomic E-state index is 13.8. The number of hydrogen-bond donors (Lipinski definition) is 1. The summed E-state index contributed by atoms with van der Waals surface area (Å²) in [5.74, 6) is 0.123. The van der Waals surface area contributed by atoms with Gasteiger partial charge in [-0.15, -0.1) is 0 Å². The van der Waals surface area contributed by atoms with E-state index < -0.39 is 0 Å². The zero-order chi connectivity index (χ0) is 17.6. The second-order valence-corrected chi connectivity index (χ2v) is 6.54. The van der Waals surface area contributed by atoms with Gasteiger partial charge < -0.3 is 10.2 Å². The third-order valence-electron chi connectivity index (χ3n) is 4.53. The van der Waals surface area contributed by atoms with Crippen LogP contribution in [0.15, 0.2) is 42.7 Å². The molecule has 1 saturated heterocycles. The smallest absolute Gasteiger partial charge is 0.225 e. The second-order valence-electron chi connectivity index (χ2n) is 6.54. The lowest BCUT2D eigenvalue weighted by molar-refractivity contribution is -0.125. The molecule has 0 radical (unpaired) electrons. The van der Waals surface area contributed by atoms with E-state index in [-0.39, 0.29) is 23.7 Å². The first kappa shape index (κ1) is 17.3. The number of hydrogen-bond acceptors (Lipinski definition) is 4. The van der Waals surface area contributed by atoms with Gasteiger partial charge in [0.25, 0.3) is 0 Å². The van der Waals surface area contributed by atoms with Gasteiger partial charge in [0, 0.05) is 37.4 Å². The number of carbonyl (C=O) groups excluding carboxylic acids is 1. The van der Waals surface area contributed by atoms with Gasteiger partial charge in [-0.05, 0) is 37.0 Å². The Bertz CT molecular complexity index is 710. The highest BCUT2D eigenvalue weighted by Crippen LogP contribution is 2.17. The summed E-state index contributed by atoms with van der Waals surface area (Å²) in [6, 6.07) is 8.46. The Kier molecular flexibility index (Phi) is 5.58. The minimum absolute atomic E-state index is 0.0379. The van der Waals surface area contributed by atoms with Crippen molar-refractivity contribution in [1.29, 1.82) is 0 Å². The Balaban J connectivity index is 1.56. The molecule has 0 unspecified atom stereocenters. The molecule has 5 nitrogen and oxygen atoms in total. The fraction of sp³-hybridized carbons (Fsp3) is 0.421. The third kappa shape index (κ3) is 4.53. The number of anilines is 1. The number of amides is 1. The average molecular weight is 342 g/mol. The molecule has 3 rings (SSSR count). The molecule has 1 aromatic heterocycles. The van der Waals surface area contributed by atoms with Crippen molar-refractivity contribution >= 4 is 11.9 Å². The molecule has 25 heavy (non-hydrogen) atoms. The van der Waals surface area contributed by atoms with Crippen molar-refractivity contribution in [2.45, 2.75) is 32.2 Å². The van der Waals surface area contributed by atoms with E-state index in [2.05, 4.69) is 20.2 Å². The maximum absolute atomic E-state index is 13.8. The van der Waals surface area contributed by atoms with Crippen molar-refractivity contribution in [3.8, 4) is 0 Å². The van der Waals surface area contributed by atoms with E-state index in [9.17, 15) is 9.18 Å². The topological polar surface area (TPSA) is 58.1 Å². The third-order valence-corrected chi connectivity index (χ3v) is 4.53. The molecule has 2 aromatic rings. The fourth-order valence-electron chi connectivity index (χ4n) is 3.16. The van der Waals surface area contributed by atoms with Crippen LogP contribution in [0, 0.1) is 11.7 Å². The van der Waals surface area contributed by atoms with E-state index in [1.165, 1.54) is 6.07 Å². The van der Waals surface area contributed by atoms with Crippen LogP contribution in [0.2, 0.25) is 0 Å². The number of benzene rings is 1. The van der Waals surface area contributed by atoms with Gasteiger partial charge in [-0.3, -0.25) is 4.79 Å². The number of aromatic nitrogens is 2. The Labute approximate surface area is 147 Å². The van der Waals surface area contributed by atoms with Gasteiger partial charge in [-0.25, -0.2) is 14.4 Å². The lowest BCUT2D eigenvalue weighted by Crippen LogP contribution is -2.49. The summed E-state index contributed by atoms with van der Waals surface area (Å²) in [4.78, 5) is 23.1. The lowest BCUT2D eigenvalue weighted by atomic mass is 9.98. The van der Waals surface area contributed by atoms with Crippen molar-refractivity contribution in [1.82, 2.24) is 15.3 Å². The summed E-state index contributed by atoms with van der Waals surface area (Å²) in [5.41, 5.74) is 0.577.